The van der Waals surface area contributed by atoms with E-state index >= 15 is 0 Å². The second-order valence-electron chi connectivity index (χ2n) is 5.52. The zero-order valence-electron chi connectivity index (χ0n) is 11.0. The van der Waals surface area contributed by atoms with Crippen molar-refractivity contribution in [3.63, 3.8) is 0 Å². The van der Waals surface area contributed by atoms with Gasteiger partial charge in [-0.25, -0.2) is 4.79 Å². The Bertz CT molecular complexity index is 361. The van der Waals surface area contributed by atoms with Crippen LogP contribution in [0.15, 0.2) is 0 Å². The largest absolute Gasteiger partial charge is 0.481 e. The molecule has 0 saturated carbocycles. The Morgan fingerprint density at radius 1 is 1.32 bits per heavy atom. The van der Waals surface area contributed by atoms with Crippen LogP contribution in [0, 0.1) is 5.92 Å². The lowest BCUT2D eigenvalue weighted by atomic mass is 9.94. The Hall–Kier alpha value is -1.34. The highest BCUT2D eigenvalue weighted by Gasteiger charge is 2.37. The van der Waals surface area contributed by atoms with Gasteiger partial charge in [-0.3, -0.25) is 4.79 Å². The van der Waals surface area contributed by atoms with Crippen molar-refractivity contribution in [3.8, 4) is 0 Å². The maximum Gasteiger partial charge on any atom is 0.317 e. The summed E-state index contributed by atoms with van der Waals surface area (Å²) in [6, 6.07) is -0.760. The van der Waals surface area contributed by atoms with Crippen molar-refractivity contribution >= 4 is 12.0 Å². The number of piperidine rings is 1. The normalized spacial score (nSPS) is 30.1. The summed E-state index contributed by atoms with van der Waals surface area (Å²) in [4.78, 5) is 24.6. The van der Waals surface area contributed by atoms with Crippen molar-refractivity contribution in [1.29, 1.82) is 0 Å². The number of rotatable bonds is 2. The highest BCUT2D eigenvalue weighted by atomic mass is 16.5. The van der Waals surface area contributed by atoms with Gasteiger partial charge in [0.05, 0.1) is 24.9 Å². The molecular weight excluding hydrogens is 252 g/mol. The minimum Gasteiger partial charge on any atom is -0.481 e. The number of hydrogen-bond acceptors (Lipinski definition) is 4. The minimum atomic E-state index is -0.954. The fourth-order valence-corrected chi connectivity index (χ4v) is 2.38. The summed E-state index contributed by atoms with van der Waals surface area (Å²) >= 11 is 0. The summed E-state index contributed by atoms with van der Waals surface area (Å²) in [5.74, 6) is -1.64. The van der Waals surface area contributed by atoms with Gasteiger partial charge in [0.25, 0.3) is 0 Å². The third-order valence-corrected chi connectivity index (χ3v) is 3.83. The molecule has 19 heavy (non-hydrogen) atoms. The maximum atomic E-state index is 12.0. The number of ether oxygens (including phenoxy) is 1. The number of hydrogen-bond donors (Lipinski definition) is 3. The molecule has 0 bridgehead atoms. The van der Waals surface area contributed by atoms with Crippen LogP contribution in [0.3, 0.4) is 0 Å². The lowest BCUT2D eigenvalue weighted by Crippen LogP contribution is -2.53. The van der Waals surface area contributed by atoms with Gasteiger partial charge in [0.2, 0.25) is 0 Å². The van der Waals surface area contributed by atoms with Gasteiger partial charge in [0.1, 0.15) is 5.92 Å². The first-order valence-corrected chi connectivity index (χ1v) is 6.47. The molecular formula is C12H20N2O5. The predicted molar refractivity (Wildman–Crippen MR) is 65.7 cm³/mol. The fraction of sp³-hybridized carbons (Fsp3) is 0.833. The number of carbonyl (C=O) groups excluding carboxylic acids is 1. The summed E-state index contributed by atoms with van der Waals surface area (Å²) in [5, 5.41) is 21.5. The lowest BCUT2D eigenvalue weighted by Gasteiger charge is -2.36. The summed E-state index contributed by atoms with van der Waals surface area (Å²) < 4.78 is 5.10. The van der Waals surface area contributed by atoms with E-state index in [0.29, 0.717) is 25.9 Å². The molecule has 0 radical (unpaired) electrons. The van der Waals surface area contributed by atoms with Gasteiger partial charge in [-0.15, -0.1) is 0 Å². The zero-order chi connectivity index (χ0) is 14.0. The molecule has 0 aliphatic carbocycles. The molecule has 3 N–H and O–H groups in total. The highest BCUT2D eigenvalue weighted by Crippen LogP contribution is 2.21. The summed E-state index contributed by atoms with van der Waals surface area (Å²) in [6.45, 7) is 3.07. The van der Waals surface area contributed by atoms with Crippen LogP contribution in [-0.4, -0.2) is 65.1 Å². The molecule has 2 saturated heterocycles. The van der Waals surface area contributed by atoms with E-state index in [4.69, 9.17) is 9.84 Å². The van der Waals surface area contributed by atoms with E-state index in [1.54, 1.807) is 11.8 Å². The molecule has 2 amide bonds. The van der Waals surface area contributed by atoms with Crippen molar-refractivity contribution in [1.82, 2.24) is 10.2 Å². The average Bonchev–Trinajstić information content (AvgIpc) is 2.77. The van der Waals surface area contributed by atoms with Gasteiger partial charge in [-0.1, -0.05) is 0 Å². The quantitative estimate of drug-likeness (QED) is 0.637. The Balaban J connectivity index is 1.86. The smallest absolute Gasteiger partial charge is 0.317 e. The van der Waals surface area contributed by atoms with Crippen molar-refractivity contribution in [2.45, 2.75) is 31.4 Å². The molecule has 2 rings (SSSR count). The van der Waals surface area contributed by atoms with Gasteiger partial charge in [-0.2, -0.15) is 0 Å². The molecule has 0 spiro atoms. The van der Waals surface area contributed by atoms with E-state index in [2.05, 4.69) is 5.32 Å². The van der Waals surface area contributed by atoms with Crippen LogP contribution in [0.25, 0.3) is 0 Å². The minimum absolute atomic E-state index is 0.134. The Kier molecular flexibility index (Phi) is 3.96. The van der Waals surface area contributed by atoms with Crippen LogP contribution in [0.5, 0.6) is 0 Å². The zero-order valence-corrected chi connectivity index (χ0v) is 11.0. The van der Waals surface area contributed by atoms with E-state index in [1.165, 1.54) is 0 Å². The molecule has 2 aliphatic rings. The molecule has 2 unspecified atom stereocenters. The second-order valence-corrected chi connectivity index (χ2v) is 5.52. The number of urea groups is 1. The van der Waals surface area contributed by atoms with Gasteiger partial charge in [0.15, 0.2) is 0 Å². The SMILES string of the molecule is CC1(O)CCN(C(=O)NC2COCC2C(=O)O)CC1. The first-order chi connectivity index (χ1) is 8.89. The van der Waals surface area contributed by atoms with E-state index < -0.39 is 23.5 Å². The van der Waals surface area contributed by atoms with Crippen LogP contribution >= 0.6 is 0 Å². The number of carboxylic acid groups (broad SMARTS) is 1. The number of carbonyl (C=O) groups is 2. The summed E-state index contributed by atoms with van der Waals surface area (Å²) in [6.07, 6.45) is 1.06. The molecule has 0 aromatic carbocycles. The second kappa shape index (κ2) is 5.34. The Morgan fingerprint density at radius 3 is 2.53 bits per heavy atom. The van der Waals surface area contributed by atoms with Crippen LogP contribution in [0.4, 0.5) is 4.79 Å². The van der Waals surface area contributed by atoms with Crippen molar-refractivity contribution in [2.75, 3.05) is 26.3 Å². The van der Waals surface area contributed by atoms with Crippen molar-refractivity contribution < 1.29 is 24.5 Å². The van der Waals surface area contributed by atoms with Gasteiger partial charge < -0.3 is 25.2 Å². The molecule has 0 aromatic rings. The van der Waals surface area contributed by atoms with Crippen LogP contribution < -0.4 is 5.32 Å². The number of amides is 2. The third kappa shape index (κ3) is 3.36. The number of aliphatic hydroxyl groups is 1. The molecule has 2 aliphatic heterocycles. The average molecular weight is 272 g/mol. The molecule has 7 heteroatoms. The standard InChI is InChI=1S/C12H20N2O5/c1-12(18)2-4-14(5-3-12)11(17)13-9-7-19-6-8(9)10(15)16/h8-9,18H,2-7H2,1H3,(H,13,17)(H,15,16). The van der Waals surface area contributed by atoms with Crippen molar-refractivity contribution in [2.24, 2.45) is 5.92 Å². The van der Waals surface area contributed by atoms with E-state index in [-0.39, 0.29) is 19.2 Å². The van der Waals surface area contributed by atoms with Gasteiger partial charge in [0, 0.05) is 13.1 Å². The monoisotopic (exact) mass is 272 g/mol. The predicted octanol–water partition coefficient (Wildman–Crippen LogP) is -0.358. The Labute approximate surface area is 111 Å². The number of nitrogens with zero attached hydrogens (tertiary/aromatic N) is 1. The summed E-state index contributed by atoms with van der Waals surface area (Å²) in [7, 11) is 0. The molecule has 2 atom stereocenters. The topological polar surface area (TPSA) is 99.1 Å². The summed E-state index contributed by atoms with van der Waals surface area (Å²) in [5.41, 5.74) is -0.711. The molecule has 2 fully saturated rings. The van der Waals surface area contributed by atoms with E-state index in [1.807, 2.05) is 0 Å². The first-order valence-electron chi connectivity index (χ1n) is 6.47. The molecule has 2 heterocycles. The van der Waals surface area contributed by atoms with Crippen LogP contribution in [-0.2, 0) is 9.53 Å². The number of carboxylic acids is 1. The first kappa shape index (κ1) is 14.1. The lowest BCUT2D eigenvalue weighted by molar-refractivity contribution is -0.142. The fourth-order valence-electron chi connectivity index (χ4n) is 2.38. The van der Waals surface area contributed by atoms with E-state index in [0.717, 1.165) is 0 Å². The third-order valence-electron chi connectivity index (χ3n) is 3.83. The maximum absolute atomic E-state index is 12.0. The highest BCUT2D eigenvalue weighted by molar-refractivity contribution is 5.77. The molecule has 7 nitrogen and oxygen atoms in total. The van der Waals surface area contributed by atoms with Crippen LogP contribution in [0.2, 0.25) is 0 Å². The van der Waals surface area contributed by atoms with E-state index in [9.17, 15) is 14.7 Å². The number of nitrogens with one attached hydrogen (secondary N) is 1. The molecule has 108 valence electrons. The number of aliphatic carboxylic acids is 1. The molecule has 0 aromatic heterocycles. The van der Waals surface area contributed by atoms with Gasteiger partial charge in [-0.05, 0) is 19.8 Å². The van der Waals surface area contributed by atoms with Crippen molar-refractivity contribution in [3.05, 3.63) is 0 Å². The van der Waals surface area contributed by atoms with Gasteiger partial charge >= 0.3 is 12.0 Å². The van der Waals surface area contributed by atoms with Crippen LogP contribution in [0.1, 0.15) is 19.8 Å². The number of likely N-dealkylation sites (tertiary alicyclic amines) is 1. The Morgan fingerprint density at radius 2 is 1.95 bits per heavy atom.